The SMILES string of the molecule is CCCNC(CSc1n[nH]c(=O)n1C1CC1)C(C)(C)C. The molecule has 0 spiro atoms. The van der Waals surface area contributed by atoms with E-state index in [1.807, 2.05) is 4.57 Å². The second-order valence-electron chi connectivity index (χ2n) is 6.60. The van der Waals surface area contributed by atoms with E-state index in [2.05, 4.69) is 43.2 Å². The lowest BCUT2D eigenvalue weighted by Gasteiger charge is -2.31. The van der Waals surface area contributed by atoms with Gasteiger partial charge in [0, 0.05) is 17.8 Å². The summed E-state index contributed by atoms with van der Waals surface area (Å²) in [5.74, 6) is 0.931. The molecular formula is C14H26N4OS. The summed E-state index contributed by atoms with van der Waals surface area (Å²) in [5, 5.41) is 11.2. The van der Waals surface area contributed by atoms with Gasteiger partial charge < -0.3 is 5.32 Å². The third-order valence-electron chi connectivity index (χ3n) is 3.65. The van der Waals surface area contributed by atoms with Crippen LogP contribution in [-0.2, 0) is 0 Å². The summed E-state index contributed by atoms with van der Waals surface area (Å²) in [6.07, 6.45) is 3.33. The highest BCUT2D eigenvalue weighted by Gasteiger charge is 2.30. The highest BCUT2D eigenvalue weighted by Crippen LogP contribution is 2.36. The van der Waals surface area contributed by atoms with E-state index in [0.29, 0.717) is 12.1 Å². The molecule has 1 aromatic rings. The summed E-state index contributed by atoms with van der Waals surface area (Å²) in [6, 6.07) is 0.785. The van der Waals surface area contributed by atoms with Crippen LogP contribution in [0.3, 0.4) is 0 Å². The van der Waals surface area contributed by atoms with E-state index in [1.54, 1.807) is 11.8 Å². The van der Waals surface area contributed by atoms with E-state index in [9.17, 15) is 4.79 Å². The minimum atomic E-state index is -0.0659. The van der Waals surface area contributed by atoms with Gasteiger partial charge >= 0.3 is 5.69 Å². The van der Waals surface area contributed by atoms with E-state index < -0.39 is 0 Å². The molecule has 5 nitrogen and oxygen atoms in total. The molecule has 2 N–H and O–H groups in total. The van der Waals surface area contributed by atoms with Gasteiger partial charge in [-0.2, -0.15) is 0 Å². The molecule has 2 rings (SSSR count). The number of hydrogen-bond acceptors (Lipinski definition) is 4. The van der Waals surface area contributed by atoms with Crippen LogP contribution in [-0.4, -0.2) is 33.1 Å². The van der Waals surface area contributed by atoms with Gasteiger partial charge in [-0.1, -0.05) is 39.5 Å². The first-order valence-electron chi connectivity index (χ1n) is 7.46. The predicted molar refractivity (Wildman–Crippen MR) is 83.4 cm³/mol. The van der Waals surface area contributed by atoms with Crippen molar-refractivity contribution in [2.75, 3.05) is 12.3 Å². The number of hydrogen-bond donors (Lipinski definition) is 2. The molecule has 6 heteroatoms. The number of aromatic amines is 1. The second kappa shape index (κ2) is 6.35. The predicted octanol–water partition coefficient (Wildman–Crippen LogP) is 2.41. The molecule has 1 saturated carbocycles. The fraction of sp³-hybridized carbons (Fsp3) is 0.857. The van der Waals surface area contributed by atoms with E-state index >= 15 is 0 Å². The molecule has 0 aliphatic heterocycles. The number of rotatable bonds is 7. The van der Waals surface area contributed by atoms with Crippen LogP contribution in [0.2, 0.25) is 0 Å². The Hall–Kier alpha value is -0.750. The Morgan fingerprint density at radius 2 is 2.20 bits per heavy atom. The molecule has 1 heterocycles. The van der Waals surface area contributed by atoms with Crippen molar-refractivity contribution >= 4 is 11.8 Å². The van der Waals surface area contributed by atoms with E-state index in [-0.39, 0.29) is 11.1 Å². The standard InChI is InChI=1S/C14H26N4OS/c1-5-8-15-11(14(2,3)4)9-20-13-17-16-12(19)18(13)10-6-7-10/h10-11,15H,5-9H2,1-4H3,(H,16,19). The van der Waals surface area contributed by atoms with Gasteiger partial charge in [-0.25, -0.2) is 9.89 Å². The zero-order valence-corrected chi connectivity index (χ0v) is 13.7. The third kappa shape index (κ3) is 3.88. The maximum atomic E-state index is 11.8. The summed E-state index contributed by atoms with van der Waals surface area (Å²) in [6.45, 7) is 9.95. The van der Waals surface area contributed by atoms with Crippen molar-refractivity contribution in [2.24, 2.45) is 5.41 Å². The minimum Gasteiger partial charge on any atom is -0.313 e. The second-order valence-corrected chi connectivity index (χ2v) is 7.58. The van der Waals surface area contributed by atoms with E-state index in [1.165, 1.54) is 0 Å². The number of thioether (sulfide) groups is 1. The first-order chi connectivity index (χ1) is 9.43. The van der Waals surface area contributed by atoms with Crippen molar-refractivity contribution in [3.63, 3.8) is 0 Å². The summed E-state index contributed by atoms with van der Waals surface area (Å²) < 4.78 is 1.82. The molecule has 0 amide bonds. The largest absolute Gasteiger partial charge is 0.344 e. The molecule has 1 aliphatic rings. The Kier molecular flexibility index (Phi) is 4.96. The highest BCUT2D eigenvalue weighted by molar-refractivity contribution is 7.99. The lowest BCUT2D eigenvalue weighted by molar-refractivity contribution is 0.291. The van der Waals surface area contributed by atoms with Gasteiger partial charge in [-0.3, -0.25) is 4.57 Å². The van der Waals surface area contributed by atoms with Crippen LogP contribution in [0.15, 0.2) is 9.95 Å². The number of nitrogens with zero attached hydrogens (tertiary/aromatic N) is 2. The van der Waals surface area contributed by atoms with Gasteiger partial charge in [-0.15, -0.1) is 5.10 Å². The number of H-pyrrole nitrogens is 1. The molecule has 1 atom stereocenters. The van der Waals surface area contributed by atoms with Gasteiger partial charge in [-0.05, 0) is 31.2 Å². The molecular weight excluding hydrogens is 272 g/mol. The zero-order chi connectivity index (χ0) is 14.8. The van der Waals surface area contributed by atoms with Crippen LogP contribution in [0, 0.1) is 5.41 Å². The van der Waals surface area contributed by atoms with Crippen molar-refractivity contribution in [3.05, 3.63) is 10.5 Å². The Labute approximate surface area is 124 Å². The average molecular weight is 298 g/mol. The van der Waals surface area contributed by atoms with Crippen LogP contribution in [0.1, 0.15) is 53.0 Å². The fourth-order valence-corrected chi connectivity index (χ4v) is 3.55. The highest BCUT2D eigenvalue weighted by atomic mass is 32.2. The number of nitrogens with one attached hydrogen (secondary N) is 2. The quantitative estimate of drug-likeness (QED) is 0.759. The maximum Gasteiger partial charge on any atom is 0.344 e. The molecule has 114 valence electrons. The smallest absolute Gasteiger partial charge is 0.313 e. The van der Waals surface area contributed by atoms with Crippen molar-refractivity contribution in [2.45, 2.75) is 64.2 Å². The van der Waals surface area contributed by atoms with Crippen molar-refractivity contribution in [3.8, 4) is 0 Å². The van der Waals surface area contributed by atoms with E-state index in [0.717, 1.165) is 36.7 Å². The molecule has 0 bridgehead atoms. The molecule has 1 unspecified atom stereocenters. The monoisotopic (exact) mass is 298 g/mol. The van der Waals surface area contributed by atoms with Gasteiger partial charge in [0.05, 0.1) is 0 Å². The molecule has 0 radical (unpaired) electrons. The van der Waals surface area contributed by atoms with E-state index in [4.69, 9.17) is 0 Å². The fourth-order valence-electron chi connectivity index (χ4n) is 2.14. The first-order valence-corrected chi connectivity index (χ1v) is 8.45. The molecule has 20 heavy (non-hydrogen) atoms. The average Bonchev–Trinajstić information content (AvgIpc) is 3.12. The van der Waals surface area contributed by atoms with Crippen LogP contribution in [0.25, 0.3) is 0 Å². The third-order valence-corrected chi connectivity index (χ3v) is 4.70. The minimum absolute atomic E-state index is 0.0659. The molecule has 0 aromatic carbocycles. The molecule has 1 aromatic heterocycles. The lowest BCUT2D eigenvalue weighted by atomic mass is 9.88. The molecule has 1 aliphatic carbocycles. The Morgan fingerprint density at radius 3 is 2.75 bits per heavy atom. The first kappa shape index (κ1) is 15.6. The van der Waals surface area contributed by atoms with Gasteiger partial charge in [0.1, 0.15) is 0 Å². The maximum absolute atomic E-state index is 11.8. The van der Waals surface area contributed by atoms with Crippen LogP contribution >= 0.6 is 11.8 Å². The van der Waals surface area contributed by atoms with Crippen molar-refractivity contribution < 1.29 is 0 Å². The zero-order valence-electron chi connectivity index (χ0n) is 12.9. The summed E-state index contributed by atoms with van der Waals surface area (Å²) in [4.78, 5) is 11.8. The van der Waals surface area contributed by atoms with Crippen molar-refractivity contribution in [1.82, 2.24) is 20.1 Å². The van der Waals surface area contributed by atoms with Gasteiger partial charge in [0.25, 0.3) is 0 Å². The normalized spacial score (nSPS) is 17.4. The summed E-state index contributed by atoms with van der Waals surface area (Å²) >= 11 is 1.68. The Bertz CT molecular complexity index is 484. The van der Waals surface area contributed by atoms with Gasteiger partial charge in [0.15, 0.2) is 5.16 Å². The summed E-state index contributed by atoms with van der Waals surface area (Å²) in [7, 11) is 0. The van der Waals surface area contributed by atoms with Crippen LogP contribution < -0.4 is 11.0 Å². The lowest BCUT2D eigenvalue weighted by Crippen LogP contribution is -2.42. The van der Waals surface area contributed by atoms with Crippen LogP contribution in [0.4, 0.5) is 0 Å². The Morgan fingerprint density at radius 1 is 1.50 bits per heavy atom. The van der Waals surface area contributed by atoms with Gasteiger partial charge in [0.2, 0.25) is 0 Å². The van der Waals surface area contributed by atoms with Crippen LogP contribution in [0.5, 0.6) is 0 Å². The molecule has 1 fully saturated rings. The molecule has 0 saturated heterocycles. The summed E-state index contributed by atoms with van der Waals surface area (Å²) in [5.41, 5.74) is 0.132. The van der Waals surface area contributed by atoms with Crippen molar-refractivity contribution in [1.29, 1.82) is 0 Å². The Balaban J connectivity index is 2.00. The number of aromatic nitrogens is 3. The topological polar surface area (TPSA) is 62.7 Å².